The fourth-order valence-corrected chi connectivity index (χ4v) is 1.98. The molecule has 0 bridgehead atoms. The van der Waals surface area contributed by atoms with Gasteiger partial charge in [-0.05, 0) is 31.0 Å². The molecule has 0 aliphatic rings. The number of rotatable bonds is 3. The fraction of sp³-hybridized carbons (Fsp3) is 0.286. The minimum Gasteiger partial charge on any atom is -0.401 e. The van der Waals surface area contributed by atoms with E-state index < -0.39 is 12.1 Å². The van der Waals surface area contributed by atoms with Gasteiger partial charge in [-0.3, -0.25) is 0 Å². The van der Waals surface area contributed by atoms with Gasteiger partial charge in [0.1, 0.15) is 0 Å². The van der Waals surface area contributed by atoms with E-state index in [-0.39, 0.29) is 12.4 Å². The van der Waals surface area contributed by atoms with Crippen LogP contribution in [0.2, 0.25) is 5.02 Å². The smallest absolute Gasteiger partial charge is 0.401 e. The second kappa shape index (κ2) is 6.00. The summed E-state index contributed by atoms with van der Waals surface area (Å²) in [7, 11) is 0. The molecule has 0 saturated heterocycles. The standard InChI is InChI=1S/C14H12ClF3N2O2/c1-8-3-4-10(6-11(8)15)7-20-12(5-9(2)19-20)22-13(21)14(16,17)18/h3-6H,7H2,1-2H3. The van der Waals surface area contributed by atoms with Gasteiger partial charge in [0.2, 0.25) is 5.88 Å². The molecule has 22 heavy (non-hydrogen) atoms. The van der Waals surface area contributed by atoms with Gasteiger partial charge in [-0.15, -0.1) is 0 Å². The van der Waals surface area contributed by atoms with Crippen molar-refractivity contribution in [3.8, 4) is 5.88 Å². The lowest BCUT2D eigenvalue weighted by Crippen LogP contribution is -2.28. The number of hydrogen-bond donors (Lipinski definition) is 0. The van der Waals surface area contributed by atoms with Gasteiger partial charge in [0.25, 0.3) is 0 Å². The third-order valence-electron chi connectivity index (χ3n) is 2.86. The van der Waals surface area contributed by atoms with Crippen molar-refractivity contribution in [2.75, 3.05) is 0 Å². The summed E-state index contributed by atoms with van der Waals surface area (Å²) in [6, 6.07) is 6.51. The van der Waals surface area contributed by atoms with Crippen molar-refractivity contribution in [2.45, 2.75) is 26.6 Å². The van der Waals surface area contributed by atoms with E-state index in [0.717, 1.165) is 11.1 Å². The number of ether oxygens (including phenoxy) is 1. The van der Waals surface area contributed by atoms with Crippen LogP contribution in [0.4, 0.5) is 13.2 Å². The molecule has 1 aromatic carbocycles. The van der Waals surface area contributed by atoms with Crippen LogP contribution in [0.15, 0.2) is 24.3 Å². The van der Waals surface area contributed by atoms with Crippen molar-refractivity contribution in [1.29, 1.82) is 0 Å². The van der Waals surface area contributed by atoms with Gasteiger partial charge in [0.15, 0.2) is 0 Å². The van der Waals surface area contributed by atoms with Crippen molar-refractivity contribution < 1.29 is 22.7 Å². The molecule has 8 heteroatoms. The van der Waals surface area contributed by atoms with Crippen LogP contribution in [0, 0.1) is 13.8 Å². The Labute approximate surface area is 129 Å². The molecule has 0 aliphatic heterocycles. The van der Waals surface area contributed by atoms with E-state index in [4.69, 9.17) is 11.6 Å². The molecular weight excluding hydrogens is 321 g/mol. The van der Waals surface area contributed by atoms with Crippen molar-refractivity contribution >= 4 is 17.6 Å². The minimum absolute atomic E-state index is 0.133. The molecule has 0 saturated carbocycles. The Balaban J connectivity index is 2.24. The summed E-state index contributed by atoms with van der Waals surface area (Å²) in [4.78, 5) is 10.9. The number of carbonyl (C=O) groups excluding carboxylic acids is 1. The first-order valence-electron chi connectivity index (χ1n) is 6.25. The highest BCUT2D eigenvalue weighted by atomic mass is 35.5. The first-order valence-corrected chi connectivity index (χ1v) is 6.63. The van der Waals surface area contributed by atoms with E-state index in [1.165, 1.54) is 10.7 Å². The summed E-state index contributed by atoms with van der Waals surface area (Å²) in [5.74, 6) is -2.55. The van der Waals surface area contributed by atoms with Gasteiger partial charge in [-0.25, -0.2) is 9.48 Å². The molecule has 0 N–H and O–H groups in total. The number of benzene rings is 1. The van der Waals surface area contributed by atoms with Gasteiger partial charge in [-0.2, -0.15) is 18.3 Å². The predicted molar refractivity (Wildman–Crippen MR) is 73.9 cm³/mol. The van der Waals surface area contributed by atoms with Crippen LogP contribution in [-0.4, -0.2) is 21.9 Å². The maximum atomic E-state index is 12.3. The van der Waals surface area contributed by atoms with Crippen LogP contribution in [0.3, 0.4) is 0 Å². The van der Waals surface area contributed by atoms with Gasteiger partial charge < -0.3 is 4.74 Å². The maximum Gasteiger partial charge on any atom is 0.491 e. The lowest BCUT2D eigenvalue weighted by molar-refractivity contribution is -0.190. The summed E-state index contributed by atoms with van der Waals surface area (Å²) in [5, 5.41) is 4.56. The second-order valence-corrected chi connectivity index (χ2v) is 5.16. The number of halogens is 4. The van der Waals surface area contributed by atoms with Crippen LogP contribution in [0.25, 0.3) is 0 Å². The number of aromatic nitrogens is 2. The lowest BCUT2D eigenvalue weighted by atomic mass is 10.1. The molecule has 0 unspecified atom stereocenters. The van der Waals surface area contributed by atoms with Crippen molar-refractivity contribution in [3.63, 3.8) is 0 Å². The molecule has 2 aromatic rings. The summed E-state index contributed by atoms with van der Waals surface area (Å²) in [6.45, 7) is 3.55. The molecule has 1 aromatic heterocycles. The molecule has 0 fully saturated rings. The fourth-order valence-electron chi connectivity index (χ4n) is 1.78. The molecule has 1 heterocycles. The zero-order valence-electron chi connectivity index (χ0n) is 11.7. The van der Waals surface area contributed by atoms with Crippen LogP contribution in [0.1, 0.15) is 16.8 Å². The molecule has 0 radical (unpaired) electrons. The largest absolute Gasteiger partial charge is 0.491 e. The molecule has 0 aliphatic carbocycles. The van der Waals surface area contributed by atoms with E-state index in [2.05, 4.69) is 9.84 Å². The second-order valence-electron chi connectivity index (χ2n) is 4.75. The van der Waals surface area contributed by atoms with Gasteiger partial charge >= 0.3 is 12.1 Å². The summed E-state index contributed by atoms with van der Waals surface area (Å²) in [5.41, 5.74) is 2.04. The Morgan fingerprint density at radius 2 is 2.00 bits per heavy atom. The highest BCUT2D eigenvalue weighted by Gasteiger charge is 2.42. The highest BCUT2D eigenvalue weighted by Crippen LogP contribution is 2.23. The number of hydrogen-bond acceptors (Lipinski definition) is 3. The van der Waals surface area contributed by atoms with Gasteiger partial charge in [0, 0.05) is 11.1 Å². The third kappa shape index (κ3) is 3.79. The van der Waals surface area contributed by atoms with Gasteiger partial charge in [0.05, 0.1) is 12.2 Å². The van der Waals surface area contributed by atoms with Crippen molar-refractivity contribution in [1.82, 2.24) is 9.78 Å². The van der Waals surface area contributed by atoms with E-state index in [9.17, 15) is 18.0 Å². The number of carbonyl (C=O) groups is 1. The maximum absolute atomic E-state index is 12.3. The lowest BCUT2D eigenvalue weighted by Gasteiger charge is -2.10. The molecule has 4 nitrogen and oxygen atoms in total. The van der Waals surface area contributed by atoms with E-state index >= 15 is 0 Å². The van der Waals surface area contributed by atoms with E-state index in [1.807, 2.05) is 6.92 Å². The van der Waals surface area contributed by atoms with E-state index in [1.54, 1.807) is 25.1 Å². The van der Waals surface area contributed by atoms with Crippen molar-refractivity contribution in [2.24, 2.45) is 0 Å². The minimum atomic E-state index is -5.06. The normalized spacial score (nSPS) is 11.5. The molecular formula is C14H12ClF3N2O2. The van der Waals surface area contributed by atoms with Gasteiger partial charge in [-0.1, -0.05) is 23.7 Å². The Hall–Kier alpha value is -2.02. The summed E-state index contributed by atoms with van der Waals surface area (Å²) < 4.78 is 42.4. The topological polar surface area (TPSA) is 44.1 Å². The molecule has 0 atom stereocenters. The van der Waals surface area contributed by atoms with Crippen molar-refractivity contribution in [3.05, 3.63) is 46.1 Å². The Morgan fingerprint density at radius 3 is 2.59 bits per heavy atom. The van der Waals surface area contributed by atoms with Crippen LogP contribution < -0.4 is 4.74 Å². The van der Waals surface area contributed by atoms with E-state index in [0.29, 0.717) is 10.7 Å². The zero-order valence-corrected chi connectivity index (χ0v) is 12.5. The first kappa shape index (κ1) is 16.4. The predicted octanol–water partition coefficient (Wildman–Crippen LogP) is 3.67. The Bertz CT molecular complexity index is 711. The quantitative estimate of drug-likeness (QED) is 0.806. The third-order valence-corrected chi connectivity index (χ3v) is 3.27. The SMILES string of the molecule is Cc1cc(OC(=O)C(F)(F)F)n(Cc2ccc(C)c(Cl)c2)n1. The molecule has 0 spiro atoms. The average molecular weight is 333 g/mol. The molecule has 118 valence electrons. The zero-order chi connectivity index (χ0) is 16.5. The van der Waals surface area contributed by atoms with Crippen LogP contribution in [0.5, 0.6) is 5.88 Å². The number of esters is 1. The summed E-state index contributed by atoms with van der Waals surface area (Å²) in [6.07, 6.45) is -5.06. The average Bonchev–Trinajstić information content (AvgIpc) is 2.73. The highest BCUT2D eigenvalue weighted by molar-refractivity contribution is 6.31. The monoisotopic (exact) mass is 332 g/mol. The van der Waals surface area contributed by atoms with Crippen LogP contribution in [-0.2, 0) is 11.3 Å². The summed E-state index contributed by atoms with van der Waals surface area (Å²) >= 11 is 6.01. The number of alkyl halides is 3. The molecule has 0 amide bonds. The van der Waals surface area contributed by atoms with Crippen LogP contribution >= 0.6 is 11.6 Å². The number of nitrogens with zero attached hydrogens (tertiary/aromatic N) is 2. The number of aryl methyl sites for hydroxylation is 2. The molecule has 2 rings (SSSR count). The Kier molecular flexibility index (Phi) is 4.46. The first-order chi connectivity index (χ1) is 10.2. The Morgan fingerprint density at radius 1 is 1.32 bits per heavy atom.